The second kappa shape index (κ2) is 5.02. The van der Waals surface area contributed by atoms with Gasteiger partial charge >= 0.3 is 0 Å². The van der Waals surface area contributed by atoms with E-state index < -0.39 is 0 Å². The number of rotatable bonds is 1. The van der Waals surface area contributed by atoms with E-state index in [4.69, 9.17) is 4.74 Å². The van der Waals surface area contributed by atoms with Gasteiger partial charge in [-0.05, 0) is 60.8 Å². The monoisotopic (exact) mass is 316 g/mol. The van der Waals surface area contributed by atoms with Gasteiger partial charge in [0.1, 0.15) is 6.10 Å². The molecule has 0 spiro atoms. The van der Waals surface area contributed by atoms with E-state index >= 15 is 0 Å². The zero-order chi connectivity index (χ0) is 16.4. The van der Waals surface area contributed by atoms with Gasteiger partial charge in [0.15, 0.2) is 11.6 Å². The molecule has 0 aliphatic heterocycles. The highest BCUT2D eigenvalue weighted by Crippen LogP contribution is 2.64. The first-order valence-electron chi connectivity index (χ1n) is 9.17. The third-order valence-electron chi connectivity index (χ3n) is 8.03. The van der Waals surface area contributed by atoms with Crippen molar-refractivity contribution in [2.75, 3.05) is 7.11 Å². The maximum atomic E-state index is 12.5. The molecule has 23 heavy (non-hydrogen) atoms. The van der Waals surface area contributed by atoms with Crippen LogP contribution in [0.1, 0.15) is 52.4 Å². The minimum absolute atomic E-state index is 0.0183. The van der Waals surface area contributed by atoms with Crippen molar-refractivity contribution in [2.24, 2.45) is 34.5 Å². The molecule has 2 unspecified atom stereocenters. The highest BCUT2D eigenvalue weighted by atomic mass is 16.5. The molecule has 0 N–H and O–H groups in total. The lowest BCUT2D eigenvalue weighted by atomic mass is 9.46. The zero-order valence-corrected chi connectivity index (χ0v) is 14.5. The molecule has 4 aliphatic carbocycles. The van der Waals surface area contributed by atoms with Crippen molar-refractivity contribution in [3.63, 3.8) is 0 Å². The number of ketones is 2. The minimum atomic E-state index is -0.206. The molecule has 0 aromatic carbocycles. The van der Waals surface area contributed by atoms with Crippen molar-refractivity contribution in [2.45, 2.75) is 58.5 Å². The molecule has 4 rings (SSSR count). The first-order chi connectivity index (χ1) is 10.9. The molecule has 3 heteroatoms. The lowest BCUT2D eigenvalue weighted by Crippen LogP contribution is -2.53. The third-order valence-corrected chi connectivity index (χ3v) is 8.03. The van der Waals surface area contributed by atoms with E-state index in [1.54, 1.807) is 7.11 Å². The molecular weight excluding hydrogens is 288 g/mol. The van der Waals surface area contributed by atoms with Crippen LogP contribution in [-0.2, 0) is 14.3 Å². The summed E-state index contributed by atoms with van der Waals surface area (Å²) in [4.78, 5) is 24.3. The van der Waals surface area contributed by atoms with Crippen LogP contribution in [0.5, 0.6) is 0 Å². The van der Waals surface area contributed by atoms with Crippen LogP contribution < -0.4 is 0 Å². The van der Waals surface area contributed by atoms with Gasteiger partial charge in [0.2, 0.25) is 0 Å². The summed E-state index contributed by atoms with van der Waals surface area (Å²) in [5.74, 6) is 2.79. The Bertz CT molecular complexity index is 579. The number of ether oxygens (including phenoxy) is 1. The number of hydrogen-bond donors (Lipinski definition) is 0. The highest BCUT2D eigenvalue weighted by molar-refractivity contribution is 5.91. The largest absolute Gasteiger partial charge is 0.373 e. The van der Waals surface area contributed by atoms with E-state index in [9.17, 15) is 9.59 Å². The van der Waals surface area contributed by atoms with E-state index in [1.807, 2.05) is 6.08 Å². The Labute approximate surface area is 138 Å². The summed E-state index contributed by atoms with van der Waals surface area (Å²) in [5, 5.41) is 0. The van der Waals surface area contributed by atoms with Gasteiger partial charge in [-0.15, -0.1) is 0 Å². The average molecular weight is 316 g/mol. The molecular formula is C20H28O3. The van der Waals surface area contributed by atoms with Gasteiger partial charge in [-0.2, -0.15) is 0 Å². The van der Waals surface area contributed by atoms with Gasteiger partial charge in [0.25, 0.3) is 0 Å². The maximum Gasteiger partial charge on any atom is 0.162 e. The van der Waals surface area contributed by atoms with Crippen LogP contribution >= 0.6 is 0 Å². The SMILES string of the molecule is COC1C(=O)C[C@H]2[C@@H]3CCC4CC(=O)C=C[C@]4(C)[C@@H]3CC[C@]12C. The van der Waals surface area contributed by atoms with Crippen molar-refractivity contribution in [1.29, 1.82) is 0 Å². The lowest BCUT2D eigenvalue weighted by molar-refractivity contribution is -0.134. The van der Waals surface area contributed by atoms with E-state index in [2.05, 4.69) is 19.9 Å². The van der Waals surface area contributed by atoms with Gasteiger partial charge in [-0.25, -0.2) is 0 Å². The van der Waals surface area contributed by atoms with Crippen LogP contribution in [0.3, 0.4) is 0 Å². The van der Waals surface area contributed by atoms with Gasteiger partial charge in [-0.1, -0.05) is 19.9 Å². The molecule has 0 saturated heterocycles. The topological polar surface area (TPSA) is 43.4 Å². The summed E-state index contributed by atoms with van der Waals surface area (Å²) in [6.45, 7) is 4.65. The van der Waals surface area contributed by atoms with Crippen LogP contribution in [0.4, 0.5) is 0 Å². The molecule has 126 valence electrons. The Kier molecular flexibility index (Phi) is 3.39. The minimum Gasteiger partial charge on any atom is -0.373 e. The van der Waals surface area contributed by atoms with Gasteiger partial charge in [0.05, 0.1) is 0 Å². The first kappa shape index (κ1) is 15.6. The smallest absolute Gasteiger partial charge is 0.162 e. The molecule has 0 aromatic rings. The summed E-state index contributed by atoms with van der Waals surface area (Å²) in [5.41, 5.74) is 0.163. The number of carbonyl (C=O) groups excluding carboxylic acids is 2. The molecule has 0 bridgehead atoms. The van der Waals surface area contributed by atoms with Crippen molar-refractivity contribution in [1.82, 2.24) is 0 Å². The van der Waals surface area contributed by atoms with Crippen molar-refractivity contribution in [3.05, 3.63) is 12.2 Å². The molecule has 0 amide bonds. The van der Waals surface area contributed by atoms with Crippen LogP contribution in [0.2, 0.25) is 0 Å². The molecule has 3 saturated carbocycles. The van der Waals surface area contributed by atoms with E-state index in [0.29, 0.717) is 41.7 Å². The second-order valence-corrected chi connectivity index (χ2v) is 8.85. The number of hydrogen-bond acceptors (Lipinski definition) is 3. The number of methoxy groups -OCH3 is 1. The molecule has 0 radical (unpaired) electrons. The predicted octanol–water partition coefficient (Wildman–Crippen LogP) is 3.57. The molecule has 0 heterocycles. The van der Waals surface area contributed by atoms with E-state index in [0.717, 1.165) is 25.7 Å². The predicted molar refractivity (Wildman–Crippen MR) is 87.8 cm³/mol. The Morgan fingerprint density at radius 3 is 2.61 bits per heavy atom. The van der Waals surface area contributed by atoms with Gasteiger partial charge in [0, 0.05) is 25.4 Å². The van der Waals surface area contributed by atoms with E-state index in [-0.39, 0.29) is 16.9 Å². The average Bonchev–Trinajstić information content (AvgIpc) is 2.77. The van der Waals surface area contributed by atoms with Crippen molar-refractivity contribution in [3.8, 4) is 0 Å². The van der Waals surface area contributed by atoms with Crippen LogP contribution in [-0.4, -0.2) is 24.8 Å². The van der Waals surface area contributed by atoms with Crippen molar-refractivity contribution < 1.29 is 14.3 Å². The van der Waals surface area contributed by atoms with Crippen LogP contribution in [0.25, 0.3) is 0 Å². The first-order valence-corrected chi connectivity index (χ1v) is 9.17. The fourth-order valence-electron chi connectivity index (χ4n) is 6.78. The summed E-state index contributed by atoms with van der Waals surface area (Å²) in [6, 6.07) is 0. The second-order valence-electron chi connectivity index (χ2n) is 8.85. The molecule has 3 fully saturated rings. The van der Waals surface area contributed by atoms with E-state index in [1.165, 1.54) is 6.42 Å². The van der Waals surface area contributed by atoms with Gasteiger partial charge in [-0.3, -0.25) is 9.59 Å². The van der Waals surface area contributed by atoms with Crippen molar-refractivity contribution >= 4 is 11.6 Å². The third kappa shape index (κ3) is 1.98. The Morgan fingerprint density at radius 2 is 1.87 bits per heavy atom. The summed E-state index contributed by atoms with van der Waals surface area (Å²) in [6.07, 6.45) is 9.79. The zero-order valence-electron chi connectivity index (χ0n) is 14.5. The molecule has 3 nitrogen and oxygen atoms in total. The Hall–Kier alpha value is -0.960. The van der Waals surface area contributed by atoms with Crippen LogP contribution in [0, 0.1) is 34.5 Å². The number of Topliss-reactive ketones (excluding diaryl/α,β-unsaturated/α-hetero) is 1. The number of fused-ring (bicyclic) bond motifs is 5. The lowest BCUT2D eigenvalue weighted by Gasteiger charge is -2.58. The summed E-state index contributed by atoms with van der Waals surface area (Å²) >= 11 is 0. The maximum absolute atomic E-state index is 12.5. The molecule has 4 aliphatic rings. The number of allylic oxidation sites excluding steroid dienone is 2. The molecule has 0 aromatic heterocycles. The highest BCUT2D eigenvalue weighted by Gasteiger charge is 2.62. The fourth-order valence-corrected chi connectivity index (χ4v) is 6.78. The number of carbonyl (C=O) groups is 2. The molecule has 7 atom stereocenters. The van der Waals surface area contributed by atoms with Gasteiger partial charge < -0.3 is 4.74 Å². The summed E-state index contributed by atoms with van der Waals surface area (Å²) < 4.78 is 5.61. The fraction of sp³-hybridized carbons (Fsp3) is 0.800. The normalized spacial score (nSPS) is 52.0. The van der Waals surface area contributed by atoms with Crippen LogP contribution in [0.15, 0.2) is 12.2 Å². The standard InChI is InChI=1S/C20H28O3/c1-19-8-6-13(21)10-12(19)4-5-14-15(19)7-9-20(2)16(14)11-17(22)18(20)23-3/h6,8,12,14-16,18H,4-5,7,9-11H2,1-3H3/t12?,14-,15-,16+,18?,19+,20+/m1/s1. The Morgan fingerprint density at radius 1 is 1.09 bits per heavy atom. The quantitative estimate of drug-likeness (QED) is 0.743. The summed E-state index contributed by atoms with van der Waals surface area (Å²) in [7, 11) is 1.69. The Balaban J connectivity index is 1.69.